The summed E-state index contributed by atoms with van der Waals surface area (Å²) in [6, 6.07) is 6.38. The zero-order chi connectivity index (χ0) is 10.4. The molecule has 2 heterocycles. The Morgan fingerprint density at radius 1 is 1.13 bits per heavy atom. The van der Waals surface area contributed by atoms with Crippen LogP contribution in [0.25, 0.3) is 21.8 Å². The molecule has 0 fully saturated rings. The van der Waals surface area contributed by atoms with Crippen LogP contribution in [0.4, 0.5) is 0 Å². The van der Waals surface area contributed by atoms with Crippen molar-refractivity contribution in [3.8, 4) is 0 Å². The minimum Gasteiger partial charge on any atom is -0.360 e. The SMILES string of the molecule is Cc1ccc2c(c1)ncc1c(C)c[nH]c12. The molecule has 2 aromatic heterocycles. The Hall–Kier alpha value is -1.83. The van der Waals surface area contributed by atoms with E-state index in [-0.39, 0.29) is 0 Å². The van der Waals surface area contributed by atoms with Crippen molar-refractivity contribution in [2.75, 3.05) is 0 Å². The number of pyridine rings is 1. The number of aromatic amines is 1. The summed E-state index contributed by atoms with van der Waals surface area (Å²) in [5.74, 6) is 0. The van der Waals surface area contributed by atoms with Crippen LogP contribution in [0.1, 0.15) is 11.1 Å². The fourth-order valence-corrected chi connectivity index (χ4v) is 2.02. The van der Waals surface area contributed by atoms with Gasteiger partial charge in [-0.1, -0.05) is 12.1 Å². The Morgan fingerprint density at radius 3 is 2.87 bits per heavy atom. The smallest absolute Gasteiger partial charge is 0.0725 e. The monoisotopic (exact) mass is 196 g/mol. The van der Waals surface area contributed by atoms with Crippen LogP contribution < -0.4 is 0 Å². The van der Waals surface area contributed by atoms with Crippen LogP contribution in [-0.4, -0.2) is 9.97 Å². The van der Waals surface area contributed by atoms with Gasteiger partial charge in [0.15, 0.2) is 0 Å². The van der Waals surface area contributed by atoms with Crippen LogP contribution in [0, 0.1) is 13.8 Å². The van der Waals surface area contributed by atoms with E-state index in [1.54, 1.807) is 0 Å². The van der Waals surface area contributed by atoms with Crippen molar-refractivity contribution in [3.05, 3.63) is 41.7 Å². The average molecular weight is 196 g/mol. The van der Waals surface area contributed by atoms with Gasteiger partial charge in [-0.25, -0.2) is 0 Å². The fraction of sp³-hybridized carbons (Fsp3) is 0.154. The number of aromatic nitrogens is 2. The van der Waals surface area contributed by atoms with E-state index in [0.29, 0.717) is 0 Å². The molecule has 0 aliphatic heterocycles. The molecular weight excluding hydrogens is 184 g/mol. The molecule has 0 bridgehead atoms. The van der Waals surface area contributed by atoms with E-state index in [2.05, 4.69) is 42.0 Å². The van der Waals surface area contributed by atoms with Gasteiger partial charge in [0.2, 0.25) is 0 Å². The van der Waals surface area contributed by atoms with Gasteiger partial charge in [-0.05, 0) is 31.0 Å². The molecule has 0 radical (unpaired) electrons. The average Bonchev–Trinajstić information content (AvgIpc) is 2.60. The third-order valence-corrected chi connectivity index (χ3v) is 2.88. The summed E-state index contributed by atoms with van der Waals surface area (Å²) < 4.78 is 0. The van der Waals surface area contributed by atoms with Crippen LogP contribution >= 0.6 is 0 Å². The minimum absolute atomic E-state index is 1.06. The molecular formula is C13H12N2. The molecule has 0 unspecified atom stereocenters. The van der Waals surface area contributed by atoms with E-state index in [0.717, 1.165) is 5.52 Å². The van der Waals surface area contributed by atoms with E-state index in [1.807, 2.05) is 12.4 Å². The maximum atomic E-state index is 4.48. The normalized spacial score (nSPS) is 11.3. The lowest BCUT2D eigenvalue weighted by atomic mass is 10.1. The van der Waals surface area contributed by atoms with Crippen LogP contribution in [0.3, 0.4) is 0 Å². The third kappa shape index (κ3) is 1.14. The van der Waals surface area contributed by atoms with Crippen LogP contribution in [0.15, 0.2) is 30.6 Å². The number of nitrogens with one attached hydrogen (secondary N) is 1. The topological polar surface area (TPSA) is 28.7 Å². The summed E-state index contributed by atoms with van der Waals surface area (Å²) in [5, 5.41) is 2.41. The second-order valence-electron chi connectivity index (χ2n) is 4.04. The molecule has 0 atom stereocenters. The zero-order valence-electron chi connectivity index (χ0n) is 8.83. The maximum Gasteiger partial charge on any atom is 0.0725 e. The van der Waals surface area contributed by atoms with Gasteiger partial charge in [0.05, 0.1) is 11.0 Å². The van der Waals surface area contributed by atoms with Gasteiger partial charge in [-0.2, -0.15) is 0 Å². The van der Waals surface area contributed by atoms with Gasteiger partial charge < -0.3 is 4.98 Å². The highest BCUT2D eigenvalue weighted by Crippen LogP contribution is 2.25. The van der Waals surface area contributed by atoms with Crippen LogP contribution in [0.2, 0.25) is 0 Å². The Kier molecular flexibility index (Phi) is 1.60. The van der Waals surface area contributed by atoms with Crippen LogP contribution in [-0.2, 0) is 0 Å². The van der Waals surface area contributed by atoms with Gasteiger partial charge in [0, 0.05) is 23.2 Å². The number of aryl methyl sites for hydroxylation is 2. The number of hydrogen-bond donors (Lipinski definition) is 1. The highest BCUT2D eigenvalue weighted by molar-refractivity contribution is 6.04. The maximum absolute atomic E-state index is 4.48. The summed E-state index contributed by atoms with van der Waals surface area (Å²) in [7, 11) is 0. The second kappa shape index (κ2) is 2.83. The molecule has 15 heavy (non-hydrogen) atoms. The van der Waals surface area contributed by atoms with E-state index < -0.39 is 0 Å². The first-order valence-corrected chi connectivity index (χ1v) is 5.09. The van der Waals surface area contributed by atoms with Gasteiger partial charge in [0.25, 0.3) is 0 Å². The lowest BCUT2D eigenvalue weighted by Crippen LogP contribution is -1.82. The molecule has 1 N–H and O–H groups in total. The standard InChI is InChI=1S/C13H12N2/c1-8-3-4-10-12(5-8)14-7-11-9(2)6-15-13(10)11/h3-7,15H,1-2H3. The molecule has 1 aromatic carbocycles. The van der Waals surface area contributed by atoms with Gasteiger partial charge in [-0.3, -0.25) is 4.98 Å². The molecule has 3 rings (SSSR count). The first kappa shape index (κ1) is 8.48. The third-order valence-electron chi connectivity index (χ3n) is 2.88. The quantitative estimate of drug-likeness (QED) is 0.587. The highest BCUT2D eigenvalue weighted by atomic mass is 14.7. The molecule has 2 heteroatoms. The van der Waals surface area contributed by atoms with E-state index in [9.17, 15) is 0 Å². The summed E-state index contributed by atoms with van der Waals surface area (Å²) in [5.41, 5.74) is 4.75. The Balaban J connectivity index is 2.55. The molecule has 2 nitrogen and oxygen atoms in total. The van der Waals surface area contributed by atoms with Crippen molar-refractivity contribution >= 4 is 21.8 Å². The first-order valence-electron chi connectivity index (χ1n) is 5.09. The molecule has 0 saturated heterocycles. The molecule has 0 spiro atoms. The van der Waals surface area contributed by atoms with Gasteiger partial charge >= 0.3 is 0 Å². The number of fused-ring (bicyclic) bond motifs is 3. The number of benzene rings is 1. The lowest BCUT2D eigenvalue weighted by Gasteiger charge is -2.00. The Bertz CT molecular complexity index is 650. The number of H-pyrrole nitrogens is 1. The molecule has 0 aliphatic rings. The molecule has 3 aromatic rings. The number of hydrogen-bond acceptors (Lipinski definition) is 1. The predicted octanol–water partition coefficient (Wildman–Crippen LogP) is 3.33. The molecule has 74 valence electrons. The molecule has 0 aliphatic carbocycles. The summed E-state index contributed by atoms with van der Waals surface area (Å²) in [6.07, 6.45) is 3.98. The van der Waals surface area contributed by atoms with Crippen molar-refractivity contribution < 1.29 is 0 Å². The van der Waals surface area contributed by atoms with Gasteiger partial charge in [0.1, 0.15) is 0 Å². The Morgan fingerprint density at radius 2 is 2.00 bits per heavy atom. The van der Waals surface area contributed by atoms with E-state index >= 15 is 0 Å². The molecule has 0 saturated carbocycles. The number of nitrogens with zero attached hydrogens (tertiary/aromatic N) is 1. The predicted molar refractivity (Wildman–Crippen MR) is 63.1 cm³/mol. The van der Waals surface area contributed by atoms with Crippen molar-refractivity contribution in [1.82, 2.24) is 9.97 Å². The summed E-state index contributed by atoms with van der Waals surface area (Å²) in [6.45, 7) is 4.19. The fourth-order valence-electron chi connectivity index (χ4n) is 2.02. The van der Waals surface area contributed by atoms with Gasteiger partial charge in [-0.15, -0.1) is 0 Å². The van der Waals surface area contributed by atoms with Crippen molar-refractivity contribution in [1.29, 1.82) is 0 Å². The van der Waals surface area contributed by atoms with E-state index in [1.165, 1.54) is 27.4 Å². The van der Waals surface area contributed by atoms with Crippen molar-refractivity contribution in [3.63, 3.8) is 0 Å². The van der Waals surface area contributed by atoms with Crippen molar-refractivity contribution in [2.24, 2.45) is 0 Å². The highest BCUT2D eigenvalue weighted by Gasteiger charge is 2.04. The lowest BCUT2D eigenvalue weighted by molar-refractivity contribution is 1.40. The minimum atomic E-state index is 1.06. The second-order valence-corrected chi connectivity index (χ2v) is 4.04. The zero-order valence-corrected chi connectivity index (χ0v) is 8.83. The largest absolute Gasteiger partial charge is 0.360 e. The Labute approximate surface area is 88.0 Å². The summed E-state index contributed by atoms with van der Waals surface area (Å²) >= 11 is 0. The summed E-state index contributed by atoms with van der Waals surface area (Å²) in [4.78, 5) is 7.79. The molecule has 0 amide bonds. The van der Waals surface area contributed by atoms with Crippen LogP contribution in [0.5, 0.6) is 0 Å². The van der Waals surface area contributed by atoms with E-state index in [4.69, 9.17) is 0 Å². The first-order chi connectivity index (χ1) is 7.25. The number of rotatable bonds is 0. The van der Waals surface area contributed by atoms with Crippen molar-refractivity contribution in [2.45, 2.75) is 13.8 Å².